The molecular formula is C26H42N4O5. The lowest BCUT2D eigenvalue weighted by Gasteiger charge is -2.30. The molecule has 2 aliphatic heterocycles. The highest BCUT2D eigenvalue weighted by molar-refractivity contribution is 5.98. The second-order valence-electron chi connectivity index (χ2n) is 11.0. The molecular weight excluding hydrogens is 448 g/mol. The predicted molar refractivity (Wildman–Crippen MR) is 132 cm³/mol. The molecule has 2 fully saturated rings. The monoisotopic (exact) mass is 490 g/mol. The second-order valence-corrected chi connectivity index (χ2v) is 11.0. The molecule has 4 amide bonds. The highest BCUT2D eigenvalue weighted by Crippen LogP contribution is 2.45. The smallest absolute Gasteiger partial charge is 0.408 e. The molecule has 0 aromatic heterocycles. The Kier molecular flexibility index (Phi) is 8.83. The number of nitrogens with one attached hydrogen (secondary N) is 3. The number of rotatable bonds is 4. The van der Waals surface area contributed by atoms with Gasteiger partial charge in [-0.3, -0.25) is 14.4 Å². The van der Waals surface area contributed by atoms with Crippen molar-refractivity contribution in [3.05, 3.63) is 12.2 Å². The molecule has 1 saturated heterocycles. The molecule has 9 heteroatoms. The maximum absolute atomic E-state index is 13.5. The zero-order valence-electron chi connectivity index (χ0n) is 21.7. The van der Waals surface area contributed by atoms with Crippen LogP contribution in [0.1, 0.15) is 85.5 Å². The minimum absolute atomic E-state index is 0.0411. The molecule has 0 unspecified atom stereocenters. The van der Waals surface area contributed by atoms with Gasteiger partial charge in [-0.15, -0.1) is 0 Å². The maximum atomic E-state index is 13.5. The molecule has 9 nitrogen and oxygen atoms in total. The summed E-state index contributed by atoms with van der Waals surface area (Å²) in [4.78, 5) is 54.0. The minimum Gasteiger partial charge on any atom is -0.444 e. The maximum Gasteiger partial charge on any atom is 0.408 e. The summed E-state index contributed by atoms with van der Waals surface area (Å²) in [5.41, 5.74) is -1.63. The number of alkyl carbamates (subject to hydrolysis) is 1. The Labute approximate surface area is 208 Å². The van der Waals surface area contributed by atoms with Crippen LogP contribution in [0.25, 0.3) is 0 Å². The minimum atomic E-state index is -0.950. The first kappa shape index (κ1) is 27.0. The van der Waals surface area contributed by atoms with E-state index in [1.54, 1.807) is 25.7 Å². The standard InChI is InChI=1S/C26H42N4O5/c1-5-15-27-23(33)26-17-18(26)12-9-7-6-8-10-13-19(28-24(34)35-25(2,3)4)22(32)30-16-11-14-20(30)21(31)29-26/h9,12,18-20H,5-8,10-11,13-17H2,1-4H3,(H,27,33)(H,28,34)(H,29,31)/b12-9-/t18-,19+,20+,26-/m1/s1. The van der Waals surface area contributed by atoms with Gasteiger partial charge in [0.05, 0.1) is 0 Å². The van der Waals surface area contributed by atoms with Crippen LogP contribution >= 0.6 is 0 Å². The molecule has 3 rings (SSSR count). The normalized spacial score (nSPS) is 30.6. The van der Waals surface area contributed by atoms with Crippen molar-refractivity contribution < 1.29 is 23.9 Å². The number of hydrogen-bond donors (Lipinski definition) is 3. The highest BCUT2D eigenvalue weighted by atomic mass is 16.6. The number of amides is 4. The van der Waals surface area contributed by atoms with Gasteiger partial charge in [-0.25, -0.2) is 4.79 Å². The molecule has 4 atom stereocenters. The predicted octanol–water partition coefficient (Wildman–Crippen LogP) is 2.79. The third kappa shape index (κ3) is 6.98. The molecule has 0 aromatic rings. The van der Waals surface area contributed by atoms with Crippen LogP contribution < -0.4 is 16.0 Å². The first-order chi connectivity index (χ1) is 16.6. The van der Waals surface area contributed by atoms with Crippen molar-refractivity contribution in [2.24, 2.45) is 5.92 Å². The first-order valence-electron chi connectivity index (χ1n) is 13.1. The van der Waals surface area contributed by atoms with Crippen molar-refractivity contribution in [1.82, 2.24) is 20.9 Å². The van der Waals surface area contributed by atoms with Crippen molar-refractivity contribution in [2.45, 2.75) is 109 Å². The lowest BCUT2D eigenvalue weighted by molar-refractivity contribution is -0.141. The van der Waals surface area contributed by atoms with Crippen molar-refractivity contribution in [1.29, 1.82) is 0 Å². The molecule has 3 N–H and O–H groups in total. The van der Waals surface area contributed by atoms with E-state index >= 15 is 0 Å². The van der Waals surface area contributed by atoms with Gasteiger partial charge in [0.15, 0.2) is 0 Å². The summed E-state index contributed by atoms with van der Waals surface area (Å²) in [5, 5.41) is 8.70. The quantitative estimate of drug-likeness (QED) is 0.524. The largest absolute Gasteiger partial charge is 0.444 e. The Balaban J connectivity index is 1.80. The fourth-order valence-electron chi connectivity index (χ4n) is 4.94. The average molecular weight is 491 g/mol. The lowest BCUT2D eigenvalue weighted by Crippen LogP contribution is -2.58. The zero-order chi connectivity index (χ0) is 25.6. The molecule has 1 saturated carbocycles. The van der Waals surface area contributed by atoms with Crippen LogP contribution in [0.15, 0.2) is 12.2 Å². The average Bonchev–Trinajstić information content (AvgIpc) is 3.24. The van der Waals surface area contributed by atoms with Crippen molar-refractivity contribution in [2.75, 3.05) is 13.1 Å². The summed E-state index contributed by atoms with van der Waals surface area (Å²) in [6.07, 6.45) is 10.1. The SMILES string of the molecule is CCCNC(=O)[C@@]12C[C@H]1/C=C\CCCCC[C@H](NC(=O)OC(C)(C)C)C(=O)N1CCC[C@H]1C(=O)N2. The molecule has 0 bridgehead atoms. The van der Waals surface area contributed by atoms with E-state index < -0.39 is 29.3 Å². The summed E-state index contributed by atoms with van der Waals surface area (Å²) in [6.45, 7) is 8.31. The fraction of sp³-hybridized carbons (Fsp3) is 0.769. The summed E-state index contributed by atoms with van der Waals surface area (Å²) < 4.78 is 5.38. The molecule has 0 radical (unpaired) electrons. The Morgan fingerprint density at radius 1 is 1.17 bits per heavy atom. The van der Waals surface area contributed by atoms with E-state index in [1.807, 2.05) is 6.92 Å². The van der Waals surface area contributed by atoms with E-state index in [0.29, 0.717) is 38.8 Å². The molecule has 3 aliphatic rings. The number of nitrogens with zero attached hydrogens (tertiary/aromatic N) is 1. The summed E-state index contributed by atoms with van der Waals surface area (Å²) >= 11 is 0. The molecule has 196 valence electrons. The van der Waals surface area contributed by atoms with Gasteiger partial charge in [0.2, 0.25) is 17.7 Å². The van der Waals surface area contributed by atoms with Crippen molar-refractivity contribution in [3.63, 3.8) is 0 Å². The number of carbonyl (C=O) groups excluding carboxylic acids is 4. The van der Waals surface area contributed by atoms with Gasteiger partial charge in [-0.05, 0) is 65.7 Å². The van der Waals surface area contributed by atoms with Gasteiger partial charge in [-0.2, -0.15) is 0 Å². The van der Waals surface area contributed by atoms with Crippen LogP contribution in [0.5, 0.6) is 0 Å². The number of ether oxygens (including phenoxy) is 1. The summed E-state index contributed by atoms with van der Waals surface area (Å²) in [6, 6.07) is -1.41. The number of allylic oxidation sites excluding steroid dienone is 1. The molecule has 0 aromatic carbocycles. The highest BCUT2D eigenvalue weighted by Gasteiger charge is 2.60. The van der Waals surface area contributed by atoms with Gasteiger partial charge in [-0.1, -0.05) is 31.9 Å². The van der Waals surface area contributed by atoms with E-state index in [1.165, 1.54) is 0 Å². The van der Waals surface area contributed by atoms with E-state index in [0.717, 1.165) is 32.1 Å². The Hall–Kier alpha value is -2.58. The van der Waals surface area contributed by atoms with E-state index in [2.05, 4.69) is 28.1 Å². The van der Waals surface area contributed by atoms with Crippen LogP contribution in [0.3, 0.4) is 0 Å². The van der Waals surface area contributed by atoms with Gasteiger partial charge in [0, 0.05) is 19.0 Å². The van der Waals surface area contributed by atoms with E-state index in [9.17, 15) is 19.2 Å². The van der Waals surface area contributed by atoms with Crippen LogP contribution in [0, 0.1) is 5.92 Å². The Morgan fingerprint density at radius 2 is 1.94 bits per heavy atom. The van der Waals surface area contributed by atoms with Gasteiger partial charge >= 0.3 is 6.09 Å². The van der Waals surface area contributed by atoms with Gasteiger partial charge in [0.1, 0.15) is 23.2 Å². The summed E-state index contributed by atoms with van der Waals surface area (Å²) in [7, 11) is 0. The van der Waals surface area contributed by atoms with Gasteiger partial charge in [0.25, 0.3) is 0 Å². The fourth-order valence-corrected chi connectivity index (χ4v) is 4.94. The van der Waals surface area contributed by atoms with Crippen molar-refractivity contribution in [3.8, 4) is 0 Å². The molecule has 1 aliphatic carbocycles. The summed E-state index contributed by atoms with van der Waals surface area (Å²) in [5.74, 6) is -0.768. The Morgan fingerprint density at radius 3 is 2.66 bits per heavy atom. The van der Waals surface area contributed by atoms with Crippen LogP contribution in [0.2, 0.25) is 0 Å². The number of carbonyl (C=O) groups is 4. The van der Waals surface area contributed by atoms with E-state index in [4.69, 9.17) is 4.74 Å². The molecule has 2 heterocycles. The van der Waals surface area contributed by atoms with Gasteiger partial charge < -0.3 is 25.6 Å². The van der Waals surface area contributed by atoms with Crippen LogP contribution in [-0.4, -0.2) is 65.0 Å². The molecule has 35 heavy (non-hydrogen) atoms. The zero-order valence-corrected chi connectivity index (χ0v) is 21.7. The second kappa shape index (κ2) is 11.4. The van der Waals surface area contributed by atoms with Crippen LogP contribution in [0.4, 0.5) is 4.79 Å². The Bertz CT molecular complexity index is 836. The topological polar surface area (TPSA) is 117 Å². The molecule has 0 spiro atoms. The third-order valence-electron chi connectivity index (χ3n) is 6.86. The third-order valence-corrected chi connectivity index (χ3v) is 6.86. The van der Waals surface area contributed by atoms with Crippen LogP contribution in [-0.2, 0) is 19.1 Å². The first-order valence-corrected chi connectivity index (χ1v) is 13.1. The lowest BCUT2D eigenvalue weighted by atomic mass is 10.0. The van der Waals surface area contributed by atoms with Crippen molar-refractivity contribution >= 4 is 23.8 Å². The van der Waals surface area contributed by atoms with E-state index in [-0.39, 0.29) is 23.6 Å². The number of hydrogen-bond acceptors (Lipinski definition) is 5. The number of fused-ring (bicyclic) bond motifs is 2.